The third kappa shape index (κ3) is 42.3. The SMILES string of the molecule is NCC(=O)CCCCCCC(=O)CC(CCCCNC(=O)C(CCCCNC(=O)C(CCCCNC(=O)CCCCCNC(=O)CN)CC(=O)CCCCCCC(=O)CN)CC(=O)CCCCCCC(=O)CN)C(N)=O. The molecule has 0 saturated carbocycles. The van der Waals surface area contributed by atoms with Crippen LogP contribution in [0.1, 0.15) is 218 Å². The highest BCUT2D eigenvalue weighted by molar-refractivity contribution is 5.88. The van der Waals surface area contributed by atoms with Crippen molar-refractivity contribution in [3.05, 3.63) is 0 Å². The third-order valence-electron chi connectivity index (χ3n) is 13.7. The van der Waals surface area contributed by atoms with Gasteiger partial charge in [-0.15, -0.1) is 0 Å². The number of rotatable bonds is 55. The Balaban J connectivity index is 5.33. The molecule has 0 aliphatic rings. The van der Waals surface area contributed by atoms with Crippen molar-refractivity contribution < 1.29 is 52.7 Å². The van der Waals surface area contributed by atoms with Crippen LogP contribution >= 0.6 is 0 Å². The molecule has 0 rings (SSSR count). The Labute approximate surface area is 453 Å². The van der Waals surface area contributed by atoms with Crippen LogP contribution in [0, 0.1) is 17.8 Å². The van der Waals surface area contributed by atoms with Crippen molar-refractivity contribution in [3.8, 4) is 0 Å². The summed E-state index contributed by atoms with van der Waals surface area (Å²) in [5.74, 6) is -3.09. The number of Topliss-reactive ketones (excluding diaryl/α,β-unsaturated/α-hetero) is 6. The number of hydrogen-bond acceptors (Lipinski definition) is 15. The molecule has 0 aromatic carbocycles. The number of hydrogen-bond donors (Lipinski definition) is 9. The Bertz CT molecular complexity index is 1710. The van der Waals surface area contributed by atoms with Crippen LogP contribution in [0.3, 0.4) is 0 Å². The predicted octanol–water partition coefficient (Wildman–Crippen LogP) is 4.30. The summed E-state index contributed by atoms with van der Waals surface area (Å²) in [4.78, 5) is 136. The van der Waals surface area contributed by atoms with Gasteiger partial charge in [-0.1, -0.05) is 64.2 Å². The largest absolute Gasteiger partial charge is 0.369 e. The van der Waals surface area contributed by atoms with Crippen LogP contribution in [-0.2, 0) is 52.7 Å². The van der Waals surface area contributed by atoms with Crippen molar-refractivity contribution in [1.29, 1.82) is 0 Å². The fraction of sp³-hybridized carbons (Fsp3) is 0.804. The van der Waals surface area contributed by atoms with E-state index >= 15 is 0 Å². The van der Waals surface area contributed by atoms with Gasteiger partial charge in [-0.25, -0.2) is 0 Å². The first-order valence-corrected chi connectivity index (χ1v) is 28.8. The quantitative estimate of drug-likeness (QED) is 0.0384. The van der Waals surface area contributed by atoms with E-state index < -0.39 is 23.7 Å². The van der Waals surface area contributed by atoms with Crippen LogP contribution in [0.15, 0.2) is 0 Å². The standard InChI is InChI=1S/C56H101N9O11/c57-39-49(69)28-11-4-1-8-25-46(66)36-43(54(61)74)22-15-20-34-64-56(76)45(38-48(68)27-10-3-6-13-30-51(71)41-59)24-17-21-35-65-55(75)44(37-47(67)26-9-2-5-12-29-50(70)40-58)23-16-19-33-62-52(72)31-14-7-18-32-63-53(73)42-60/h43-45H,1-42,57-60H2,(H2,61,74)(H,62,72)(H,63,73)(H,64,76)(H,65,75). The average molecular weight is 1080 g/mol. The van der Waals surface area contributed by atoms with Gasteiger partial charge in [0.15, 0.2) is 0 Å². The number of nitrogens with one attached hydrogen (secondary N) is 4. The van der Waals surface area contributed by atoms with E-state index in [1.807, 2.05) is 0 Å². The summed E-state index contributed by atoms with van der Waals surface area (Å²) in [5.41, 5.74) is 27.1. The van der Waals surface area contributed by atoms with Crippen LogP contribution in [0.5, 0.6) is 0 Å². The molecule has 3 unspecified atom stereocenters. The summed E-state index contributed by atoms with van der Waals surface area (Å²) in [5, 5.41) is 11.6. The van der Waals surface area contributed by atoms with E-state index in [1.165, 1.54) is 0 Å². The van der Waals surface area contributed by atoms with E-state index in [4.69, 9.17) is 28.7 Å². The van der Waals surface area contributed by atoms with Crippen LogP contribution in [0.4, 0.5) is 0 Å². The lowest BCUT2D eigenvalue weighted by molar-refractivity contribution is -0.130. The summed E-state index contributed by atoms with van der Waals surface area (Å²) in [6, 6.07) is 0. The first-order chi connectivity index (χ1) is 36.6. The topological polar surface area (TPSA) is 366 Å². The minimum absolute atomic E-state index is 0.00592. The first-order valence-electron chi connectivity index (χ1n) is 28.8. The second kappa shape index (κ2) is 48.6. The molecule has 14 N–H and O–H groups in total. The molecule has 0 bridgehead atoms. The summed E-state index contributed by atoms with van der Waals surface area (Å²) in [6.07, 6.45) is 18.8. The molecule has 0 saturated heterocycles. The fourth-order valence-corrected chi connectivity index (χ4v) is 8.89. The van der Waals surface area contributed by atoms with Crippen LogP contribution < -0.4 is 49.9 Å². The number of amides is 5. The molecule has 0 aliphatic heterocycles. The van der Waals surface area contributed by atoms with Gasteiger partial charge < -0.3 is 49.9 Å². The molecule has 0 aromatic rings. The van der Waals surface area contributed by atoms with Gasteiger partial charge in [0.25, 0.3) is 0 Å². The monoisotopic (exact) mass is 1080 g/mol. The van der Waals surface area contributed by atoms with Gasteiger partial charge in [0.2, 0.25) is 29.5 Å². The lowest BCUT2D eigenvalue weighted by Crippen LogP contribution is -2.34. The van der Waals surface area contributed by atoms with Crippen LogP contribution in [0.2, 0.25) is 0 Å². The van der Waals surface area contributed by atoms with E-state index in [1.54, 1.807) is 0 Å². The van der Waals surface area contributed by atoms with Crippen LogP contribution in [-0.4, -0.2) is 117 Å². The van der Waals surface area contributed by atoms with Gasteiger partial charge in [0.1, 0.15) is 34.7 Å². The van der Waals surface area contributed by atoms with Crippen molar-refractivity contribution in [1.82, 2.24) is 21.3 Å². The molecule has 20 heteroatoms. The molecule has 0 heterocycles. The van der Waals surface area contributed by atoms with Crippen molar-refractivity contribution in [2.24, 2.45) is 46.4 Å². The highest BCUT2D eigenvalue weighted by Crippen LogP contribution is 2.20. The molecule has 5 amide bonds. The zero-order chi connectivity index (χ0) is 56.6. The number of primary amides is 1. The number of ketones is 6. The Morgan fingerprint density at radius 3 is 0.895 bits per heavy atom. The van der Waals surface area contributed by atoms with Gasteiger partial charge in [-0.3, -0.25) is 52.7 Å². The minimum Gasteiger partial charge on any atom is -0.369 e. The number of carbonyl (C=O) groups is 11. The molecule has 0 radical (unpaired) electrons. The Morgan fingerprint density at radius 2 is 0.553 bits per heavy atom. The highest BCUT2D eigenvalue weighted by atomic mass is 16.2. The highest BCUT2D eigenvalue weighted by Gasteiger charge is 2.24. The van der Waals surface area contributed by atoms with Gasteiger partial charge in [-0.2, -0.15) is 0 Å². The minimum atomic E-state index is -0.605. The maximum absolute atomic E-state index is 13.6. The molecular weight excluding hydrogens is 975 g/mol. The molecule has 20 nitrogen and oxygen atoms in total. The first kappa shape index (κ1) is 71.2. The van der Waals surface area contributed by atoms with E-state index in [-0.39, 0.29) is 104 Å². The normalized spacial score (nSPS) is 12.3. The van der Waals surface area contributed by atoms with E-state index in [0.717, 1.165) is 64.2 Å². The second-order valence-electron chi connectivity index (χ2n) is 20.5. The third-order valence-corrected chi connectivity index (χ3v) is 13.7. The summed E-state index contributed by atoms with van der Waals surface area (Å²) in [6.45, 7) is 1.62. The maximum Gasteiger partial charge on any atom is 0.233 e. The van der Waals surface area contributed by atoms with Gasteiger partial charge in [0, 0.05) is 108 Å². The van der Waals surface area contributed by atoms with Crippen molar-refractivity contribution in [3.63, 3.8) is 0 Å². The van der Waals surface area contributed by atoms with E-state index in [2.05, 4.69) is 21.3 Å². The molecule has 3 atom stereocenters. The summed E-state index contributed by atoms with van der Waals surface area (Å²) < 4.78 is 0. The number of carbonyl (C=O) groups excluding carboxylic acids is 11. The molecule has 0 fully saturated rings. The fourth-order valence-electron chi connectivity index (χ4n) is 8.89. The smallest absolute Gasteiger partial charge is 0.233 e. The number of nitrogens with two attached hydrogens (primary N) is 5. The van der Waals surface area contributed by atoms with Gasteiger partial charge in [-0.05, 0) is 89.9 Å². The zero-order valence-corrected chi connectivity index (χ0v) is 46.3. The Hall–Kier alpha value is -4.79. The lowest BCUT2D eigenvalue weighted by atomic mass is 9.92. The zero-order valence-electron chi connectivity index (χ0n) is 46.3. The van der Waals surface area contributed by atoms with Crippen molar-refractivity contribution in [2.75, 3.05) is 52.4 Å². The molecule has 0 spiro atoms. The maximum atomic E-state index is 13.6. The molecule has 76 heavy (non-hydrogen) atoms. The molecular formula is C56H101N9O11. The number of unbranched alkanes of at least 4 members (excludes halogenated alkanes) is 14. The van der Waals surface area contributed by atoms with E-state index in [9.17, 15) is 52.7 Å². The molecule has 436 valence electrons. The Kier molecular flexibility index (Phi) is 45.5. The van der Waals surface area contributed by atoms with Crippen molar-refractivity contribution >= 4 is 64.2 Å². The molecule has 0 aliphatic carbocycles. The molecule has 0 aromatic heterocycles. The average Bonchev–Trinajstić information content (AvgIpc) is 3.40. The summed E-state index contributed by atoms with van der Waals surface area (Å²) in [7, 11) is 0. The Morgan fingerprint density at radius 1 is 0.276 bits per heavy atom. The van der Waals surface area contributed by atoms with Gasteiger partial charge in [0.05, 0.1) is 26.2 Å². The van der Waals surface area contributed by atoms with Crippen LogP contribution in [0.25, 0.3) is 0 Å². The van der Waals surface area contributed by atoms with E-state index in [0.29, 0.717) is 161 Å². The lowest BCUT2D eigenvalue weighted by Gasteiger charge is -2.18. The second-order valence-corrected chi connectivity index (χ2v) is 20.5. The van der Waals surface area contributed by atoms with Crippen molar-refractivity contribution in [2.45, 2.75) is 218 Å². The summed E-state index contributed by atoms with van der Waals surface area (Å²) >= 11 is 0. The van der Waals surface area contributed by atoms with Gasteiger partial charge >= 0.3 is 0 Å². The predicted molar refractivity (Wildman–Crippen MR) is 295 cm³/mol.